The number of anilines is 1. The number of hydrogen-bond donors (Lipinski definition) is 2. The third-order valence-electron chi connectivity index (χ3n) is 1.88. The van der Waals surface area contributed by atoms with E-state index in [1.54, 1.807) is 18.2 Å². The quantitative estimate of drug-likeness (QED) is 0.621. The van der Waals surface area contributed by atoms with Crippen LogP contribution in [0.15, 0.2) is 24.3 Å². The molecule has 0 spiro atoms. The van der Waals surface area contributed by atoms with Crippen LogP contribution in [0.2, 0.25) is 0 Å². The SMILES string of the molecule is CCNC(=S)Nc1cccc(C(=O)OC)c1. The molecule has 86 valence electrons. The first-order valence-electron chi connectivity index (χ1n) is 4.90. The zero-order valence-corrected chi connectivity index (χ0v) is 10.1. The number of hydrogen-bond acceptors (Lipinski definition) is 3. The lowest BCUT2D eigenvalue weighted by atomic mass is 10.2. The summed E-state index contributed by atoms with van der Waals surface area (Å²) < 4.78 is 4.63. The van der Waals surface area contributed by atoms with Gasteiger partial charge in [0.15, 0.2) is 5.11 Å². The van der Waals surface area contributed by atoms with E-state index in [-0.39, 0.29) is 5.97 Å². The van der Waals surface area contributed by atoms with E-state index in [4.69, 9.17) is 12.2 Å². The molecule has 0 aliphatic carbocycles. The van der Waals surface area contributed by atoms with Crippen molar-refractivity contribution in [2.75, 3.05) is 19.0 Å². The van der Waals surface area contributed by atoms with Crippen molar-refractivity contribution < 1.29 is 9.53 Å². The third kappa shape index (κ3) is 3.51. The fourth-order valence-corrected chi connectivity index (χ4v) is 1.44. The predicted molar refractivity (Wildman–Crippen MR) is 67.7 cm³/mol. The lowest BCUT2D eigenvalue weighted by Gasteiger charge is -2.09. The Bertz CT molecular complexity index is 393. The van der Waals surface area contributed by atoms with Crippen molar-refractivity contribution in [1.82, 2.24) is 5.32 Å². The summed E-state index contributed by atoms with van der Waals surface area (Å²) in [7, 11) is 1.35. The molecule has 0 aromatic heterocycles. The lowest BCUT2D eigenvalue weighted by molar-refractivity contribution is 0.0601. The van der Waals surface area contributed by atoms with Crippen LogP contribution in [0.5, 0.6) is 0 Å². The molecule has 0 fully saturated rings. The molecule has 0 heterocycles. The summed E-state index contributed by atoms with van der Waals surface area (Å²) in [6, 6.07) is 6.97. The topological polar surface area (TPSA) is 50.4 Å². The number of rotatable bonds is 3. The van der Waals surface area contributed by atoms with E-state index in [1.165, 1.54) is 7.11 Å². The summed E-state index contributed by atoms with van der Waals surface area (Å²) in [5.41, 5.74) is 1.25. The molecule has 1 aromatic rings. The molecule has 0 bridgehead atoms. The molecule has 1 aromatic carbocycles. The van der Waals surface area contributed by atoms with Gasteiger partial charge in [0.1, 0.15) is 0 Å². The van der Waals surface area contributed by atoms with Crippen LogP contribution in [0.3, 0.4) is 0 Å². The van der Waals surface area contributed by atoms with Gasteiger partial charge in [0.05, 0.1) is 12.7 Å². The van der Waals surface area contributed by atoms with E-state index >= 15 is 0 Å². The van der Waals surface area contributed by atoms with Gasteiger partial charge in [-0.2, -0.15) is 0 Å². The Kier molecular flexibility index (Phi) is 4.72. The highest BCUT2D eigenvalue weighted by Gasteiger charge is 2.05. The van der Waals surface area contributed by atoms with Crippen LogP contribution in [0, 0.1) is 0 Å². The van der Waals surface area contributed by atoms with Crippen LogP contribution in [0.1, 0.15) is 17.3 Å². The standard InChI is InChI=1S/C11H14N2O2S/c1-3-12-11(16)13-9-6-4-5-8(7-9)10(14)15-2/h4-7H,3H2,1-2H3,(H2,12,13,16). The van der Waals surface area contributed by atoms with Crippen LogP contribution in [-0.4, -0.2) is 24.7 Å². The monoisotopic (exact) mass is 238 g/mol. The fraction of sp³-hybridized carbons (Fsp3) is 0.273. The average molecular weight is 238 g/mol. The Morgan fingerprint density at radius 2 is 2.25 bits per heavy atom. The molecule has 5 heteroatoms. The Labute approximate surface area is 100.0 Å². The van der Waals surface area contributed by atoms with Gasteiger partial charge in [-0.25, -0.2) is 4.79 Å². The molecular weight excluding hydrogens is 224 g/mol. The van der Waals surface area contributed by atoms with Gasteiger partial charge in [-0.05, 0) is 37.3 Å². The molecule has 0 amide bonds. The first-order valence-corrected chi connectivity index (χ1v) is 5.31. The Balaban J connectivity index is 2.74. The molecule has 0 aliphatic heterocycles. The normalized spacial score (nSPS) is 9.38. The van der Waals surface area contributed by atoms with Crippen LogP contribution >= 0.6 is 12.2 Å². The van der Waals surface area contributed by atoms with Gasteiger partial charge in [-0.3, -0.25) is 0 Å². The lowest BCUT2D eigenvalue weighted by Crippen LogP contribution is -2.27. The first kappa shape index (κ1) is 12.4. The number of benzene rings is 1. The van der Waals surface area contributed by atoms with E-state index in [1.807, 2.05) is 13.0 Å². The zero-order chi connectivity index (χ0) is 12.0. The molecule has 0 saturated heterocycles. The average Bonchev–Trinajstić information content (AvgIpc) is 2.28. The smallest absolute Gasteiger partial charge is 0.337 e. The van der Waals surface area contributed by atoms with Crippen LogP contribution in [0.25, 0.3) is 0 Å². The Morgan fingerprint density at radius 3 is 2.88 bits per heavy atom. The number of ether oxygens (including phenoxy) is 1. The maximum atomic E-state index is 11.3. The van der Waals surface area contributed by atoms with Crippen molar-refractivity contribution in [2.24, 2.45) is 0 Å². The number of nitrogens with one attached hydrogen (secondary N) is 2. The van der Waals surface area contributed by atoms with Gasteiger partial charge in [0, 0.05) is 12.2 Å². The summed E-state index contributed by atoms with van der Waals surface area (Å²) in [5.74, 6) is -0.363. The van der Waals surface area contributed by atoms with E-state index in [0.29, 0.717) is 10.7 Å². The second kappa shape index (κ2) is 6.07. The molecule has 4 nitrogen and oxygen atoms in total. The molecule has 0 aliphatic rings. The summed E-state index contributed by atoms with van der Waals surface area (Å²) >= 11 is 5.03. The Hall–Kier alpha value is -1.62. The van der Waals surface area contributed by atoms with Gasteiger partial charge in [-0.15, -0.1) is 0 Å². The minimum atomic E-state index is -0.363. The van der Waals surface area contributed by atoms with Crippen LogP contribution in [0.4, 0.5) is 5.69 Å². The van der Waals surface area contributed by atoms with E-state index < -0.39 is 0 Å². The maximum absolute atomic E-state index is 11.3. The van der Waals surface area contributed by atoms with Gasteiger partial charge < -0.3 is 15.4 Å². The van der Waals surface area contributed by atoms with Crippen LogP contribution in [-0.2, 0) is 4.74 Å². The van der Waals surface area contributed by atoms with Gasteiger partial charge in [0.2, 0.25) is 0 Å². The number of methoxy groups -OCH3 is 1. The van der Waals surface area contributed by atoms with E-state index in [2.05, 4.69) is 15.4 Å². The Morgan fingerprint density at radius 1 is 1.50 bits per heavy atom. The number of esters is 1. The molecule has 16 heavy (non-hydrogen) atoms. The minimum Gasteiger partial charge on any atom is -0.465 e. The molecule has 0 radical (unpaired) electrons. The molecule has 0 saturated carbocycles. The highest BCUT2D eigenvalue weighted by molar-refractivity contribution is 7.80. The highest BCUT2D eigenvalue weighted by atomic mass is 32.1. The molecule has 1 rings (SSSR count). The molecule has 0 unspecified atom stereocenters. The number of carbonyl (C=O) groups is 1. The second-order valence-corrected chi connectivity index (χ2v) is 3.47. The van der Waals surface area contributed by atoms with Crippen molar-refractivity contribution in [2.45, 2.75) is 6.92 Å². The van der Waals surface area contributed by atoms with Crippen molar-refractivity contribution in [3.63, 3.8) is 0 Å². The summed E-state index contributed by atoms with van der Waals surface area (Å²) in [6.45, 7) is 2.71. The van der Waals surface area contributed by atoms with Gasteiger partial charge in [-0.1, -0.05) is 6.07 Å². The first-order chi connectivity index (χ1) is 7.67. The predicted octanol–water partition coefficient (Wildman–Crippen LogP) is 1.78. The van der Waals surface area contributed by atoms with Crippen LogP contribution < -0.4 is 10.6 Å². The fourth-order valence-electron chi connectivity index (χ4n) is 1.18. The van der Waals surface area contributed by atoms with Crippen molar-refractivity contribution in [1.29, 1.82) is 0 Å². The summed E-state index contributed by atoms with van der Waals surface area (Å²) in [5, 5.41) is 6.47. The number of thiocarbonyl (C=S) groups is 1. The maximum Gasteiger partial charge on any atom is 0.337 e. The largest absolute Gasteiger partial charge is 0.465 e. The van der Waals surface area contributed by atoms with Gasteiger partial charge >= 0.3 is 5.97 Å². The van der Waals surface area contributed by atoms with E-state index in [0.717, 1.165) is 12.2 Å². The van der Waals surface area contributed by atoms with Crippen molar-refractivity contribution in [3.8, 4) is 0 Å². The van der Waals surface area contributed by atoms with E-state index in [9.17, 15) is 4.79 Å². The van der Waals surface area contributed by atoms with Gasteiger partial charge in [0.25, 0.3) is 0 Å². The second-order valence-electron chi connectivity index (χ2n) is 3.06. The molecular formula is C11H14N2O2S. The highest BCUT2D eigenvalue weighted by Crippen LogP contribution is 2.11. The third-order valence-corrected chi connectivity index (χ3v) is 2.13. The summed E-state index contributed by atoms with van der Waals surface area (Å²) in [6.07, 6.45) is 0. The van der Waals surface area contributed by atoms with Crippen molar-refractivity contribution in [3.05, 3.63) is 29.8 Å². The summed E-state index contributed by atoms with van der Waals surface area (Å²) in [4.78, 5) is 11.3. The van der Waals surface area contributed by atoms with Crippen molar-refractivity contribution >= 4 is 29.0 Å². The number of carbonyl (C=O) groups excluding carboxylic acids is 1. The molecule has 0 atom stereocenters. The minimum absolute atomic E-state index is 0.363. The zero-order valence-electron chi connectivity index (χ0n) is 9.24. The molecule has 2 N–H and O–H groups in total.